The Balaban J connectivity index is 1.76. The van der Waals surface area contributed by atoms with E-state index in [2.05, 4.69) is 20.4 Å². The van der Waals surface area contributed by atoms with Crippen molar-refractivity contribution in [1.82, 2.24) is 0 Å². The monoisotopic (exact) mass is 302 g/mol. The molecule has 0 aromatic carbocycles. The Bertz CT molecular complexity index is 538. The molecule has 122 valence electrons. The third-order valence-corrected chi connectivity index (χ3v) is 8.40. The van der Waals surface area contributed by atoms with Crippen LogP contribution in [0, 0.1) is 34.0 Å². The van der Waals surface area contributed by atoms with Gasteiger partial charge < -0.3 is 5.11 Å². The first-order valence-electron chi connectivity index (χ1n) is 9.16. The summed E-state index contributed by atoms with van der Waals surface area (Å²) in [4.78, 5) is 12.7. The van der Waals surface area contributed by atoms with Gasteiger partial charge in [-0.15, -0.1) is 0 Å². The maximum atomic E-state index is 12.7. The highest BCUT2D eigenvalue weighted by atomic mass is 16.3. The van der Waals surface area contributed by atoms with Crippen LogP contribution in [-0.2, 0) is 4.79 Å². The average Bonchev–Trinajstić information content (AvgIpc) is 2.75. The predicted octanol–water partition coefficient (Wildman–Crippen LogP) is 4.13. The molecule has 0 amide bonds. The summed E-state index contributed by atoms with van der Waals surface area (Å²) >= 11 is 0. The van der Waals surface area contributed by atoms with Crippen LogP contribution in [-0.4, -0.2) is 17.5 Å². The maximum Gasteiger partial charge on any atom is 0.140 e. The molecule has 4 aliphatic carbocycles. The zero-order chi connectivity index (χ0) is 15.8. The van der Waals surface area contributed by atoms with Gasteiger partial charge in [-0.2, -0.15) is 0 Å². The van der Waals surface area contributed by atoms with Gasteiger partial charge in [0.2, 0.25) is 0 Å². The largest absolute Gasteiger partial charge is 0.396 e. The molecule has 0 aromatic rings. The van der Waals surface area contributed by atoms with Gasteiger partial charge >= 0.3 is 0 Å². The first kappa shape index (κ1) is 14.9. The van der Waals surface area contributed by atoms with Crippen molar-refractivity contribution in [3.8, 4) is 0 Å². The zero-order valence-corrected chi connectivity index (χ0v) is 14.2. The van der Waals surface area contributed by atoms with E-state index >= 15 is 0 Å². The molecule has 0 heterocycles. The summed E-state index contributed by atoms with van der Waals surface area (Å²) in [5.41, 5.74) is 1.87. The molecule has 0 aliphatic heterocycles. The molecule has 0 aromatic heterocycles. The number of carbonyl (C=O) groups is 1. The van der Waals surface area contributed by atoms with Crippen molar-refractivity contribution in [1.29, 1.82) is 0 Å². The summed E-state index contributed by atoms with van der Waals surface area (Å²) in [6.45, 7) is 9.28. The van der Waals surface area contributed by atoms with Crippen molar-refractivity contribution < 1.29 is 9.90 Å². The lowest BCUT2D eigenvalue weighted by Crippen LogP contribution is -2.58. The van der Waals surface area contributed by atoms with Crippen LogP contribution in [0.3, 0.4) is 0 Å². The molecular formula is C20H30O2. The number of allylic oxidation sites excluding steroid dienone is 1. The molecule has 2 heteroatoms. The van der Waals surface area contributed by atoms with Gasteiger partial charge in [0.15, 0.2) is 0 Å². The van der Waals surface area contributed by atoms with Crippen LogP contribution >= 0.6 is 0 Å². The second kappa shape index (κ2) is 4.47. The number of fused-ring (bicyclic) bond motifs is 3. The molecule has 1 spiro atoms. The number of ketones is 1. The molecule has 4 rings (SSSR count). The Hall–Kier alpha value is -0.630. The third-order valence-electron chi connectivity index (χ3n) is 8.40. The summed E-state index contributed by atoms with van der Waals surface area (Å²) < 4.78 is 0. The lowest BCUT2D eigenvalue weighted by molar-refractivity contribution is -0.166. The Kier molecular flexibility index (Phi) is 3.03. The van der Waals surface area contributed by atoms with Crippen molar-refractivity contribution in [3.05, 3.63) is 12.2 Å². The van der Waals surface area contributed by atoms with Gasteiger partial charge in [0.25, 0.3) is 0 Å². The van der Waals surface area contributed by atoms with Crippen LogP contribution in [0.5, 0.6) is 0 Å². The van der Waals surface area contributed by atoms with Gasteiger partial charge in [-0.25, -0.2) is 0 Å². The van der Waals surface area contributed by atoms with Gasteiger partial charge in [-0.3, -0.25) is 4.79 Å². The molecule has 0 unspecified atom stereocenters. The summed E-state index contributed by atoms with van der Waals surface area (Å²) in [6.07, 6.45) is 9.01. The van der Waals surface area contributed by atoms with Gasteiger partial charge in [-0.05, 0) is 66.6 Å². The summed E-state index contributed by atoms with van der Waals surface area (Å²) in [5, 5.41) is 10.0. The second-order valence-corrected chi connectivity index (χ2v) is 9.44. The normalized spacial score (nSPS) is 54.0. The van der Waals surface area contributed by atoms with E-state index in [-0.39, 0.29) is 16.7 Å². The lowest BCUT2D eigenvalue weighted by Gasteiger charge is -2.63. The standard InChI is InChI=1S/C20H30O2/c1-13-10-20-8-5-16-18(2,12-21)6-4-7-19(16,3)17(20)9-15(22)14(13)11-20/h14,16-17,21H,1,4-12H2,2-3H3/t14-,16-,17+,18+,19-,20-/m1/s1. The zero-order valence-electron chi connectivity index (χ0n) is 14.2. The summed E-state index contributed by atoms with van der Waals surface area (Å²) in [5.74, 6) is 1.73. The van der Waals surface area contributed by atoms with Crippen molar-refractivity contribution in [2.45, 2.75) is 65.2 Å². The van der Waals surface area contributed by atoms with Crippen LogP contribution in [0.4, 0.5) is 0 Å². The van der Waals surface area contributed by atoms with Crippen molar-refractivity contribution in [2.75, 3.05) is 6.61 Å². The fourth-order valence-corrected chi connectivity index (χ4v) is 7.40. The summed E-state index contributed by atoms with van der Waals surface area (Å²) in [7, 11) is 0. The van der Waals surface area contributed by atoms with E-state index in [1.165, 1.54) is 31.3 Å². The lowest BCUT2D eigenvalue weighted by atomic mass is 9.41. The minimum Gasteiger partial charge on any atom is -0.396 e. The van der Waals surface area contributed by atoms with Crippen LogP contribution in [0.1, 0.15) is 65.2 Å². The Morgan fingerprint density at radius 1 is 1.23 bits per heavy atom. The topological polar surface area (TPSA) is 37.3 Å². The minimum atomic E-state index is 0.0596. The van der Waals surface area contributed by atoms with E-state index in [4.69, 9.17) is 0 Å². The van der Waals surface area contributed by atoms with Gasteiger partial charge in [0.05, 0.1) is 0 Å². The average molecular weight is 302 g/mol. The quantitative estimate of drug-likeness (QED) is 0.740. The highest BCUT2D eigenvalue weighted by Gasteiger charge is 2.65. The first-order chi connectivity index (χ1) is 10.3. The minimum absolute atomic E-state index is 0.0596. The first-order valence-corrected chi connectivity index (χ1v) is 9.16. The van der Waals surface area contributed by atoms with Crippen LogP contribution in [0.2, 0.25) is 0 Å². The molecule has 4 fully saturated rings. The molecule has 0 radical (unpaired) electrons. The predicted molar refractivity (Wildman–Crippen MR) is 87.3 cm³/mol. The van der Waals surface area contributed by atoms with Crippen LogP contribution < -0.4 is 0 Å². The number of aliphatic hydroxyl groups is 1. The Morgan fingerprint density at radius 3 is 2.73 bits per heavy atom. The van der Waals surface area contributed by atoms with E-state index in [1.54, 1.807) is 0 Å². The molecule has 4 aliphatic rings. The van der Waals surface area contributed by atoms with Gasteiger partial charge in [0.1, 0.15) is 5.78 Å². The number of hydrogen-bond donors (Lipinski definition) is 1. The number of aliphatic hydroxyl groups excluding tert-OH is 1. The van der Waals surface area contributed by atoms with E-state index in [0.717, 1.165) is 25.7 Å². The van der Waals surface area contributed by atoms with Gasteiger partial charge in [-0.1, -0.05) is 32.4 Å². The number of carbonyl (C=O) groups excluding carboxylic acids is 1. The van der Waals surface area contributed by atoms with E-state index in [1.807, 2.05) is 0 Å². The molecule has 6 atom stereocenters. The Morgan fingerprint density at radius 2 is 2.00 bits per heavy atom. The maximum absolute atomic E-state index is 12.7. The van der Waals surface area contributed by atoms with Crippen molar-refractivity contribution >= 4 is 5.78 Å². The molecule has 1 N–H and O–H groups in total. The second-order valence-electron chi connectivity index (χ2n) is 9.44. The SMILES string of the molecule is C=C1C[C@@]23CC[C@@H]4[C@](C)(CO)CCC[C@@]4(C)[C@@H]2CC(=O)[C@@H]1C3. The molecule has 4 saturated carbocycles. The highest BCUT2D eigenvalue weighted by Crippen LogP contribution is 2.71. The molecular weight excluding hydrogens is 272 g/mol. The number of rotatable bonds is 1. The highest BCUT2D eigenvalue weighted by molar-refractivity contribution is 5.86. The van der Waals surface area contributed by atoms with E-state index in [0.29, 0.717) is 29.6 Å². The van der Waals surface area contributed by atoms with E-state index in [9.17, 15) is 9.90 Å². The van der Waals surface area contributed by atoms with Crippen molar-refractivity contribution in [3.63, 3.8) is 0 Å². The van der Waals surface area contributed by atoms with Crippen LogP contribution in [0.15, 0.2) is 12.2 Å². The molecule has 2 bridgehead atoms. The van der Waals surface area contributed by atoms with Gasteiger partial charge in [0, 0.05) is 18.9 Å². The third kappa shape index (κ3) is 1.68. The fraction of sp³-hybridized carbons (Fsp3) is 0.850. The fourth-order valence-electron chi connectivity index (χ4n) is 7.40. The van der Waals surface area contributed by atoms with Crippen molar-refractivity contribution in [2.24, 2.45) is 34.0 Å². The summed E-state index contributed by atoms with van der Waals surface area (Å²) in [6, 6.07) is 0. The number of Topliss-reactive ketones (excluding diaryl/α,β-unsaturated/α-hetero) is 1. The van der Waals surface area contributed by atoms with E-state index < -0.39 is 0 Å². The smallest absolute Gasteiger partial charge is 0.140 e. The number of hydrogen-bond acceptors (Lipinski definition) is 2. The van der Waals surface area contributed by atoms with Crippen LogP contribution in [0.25, 0.3) is 0 Å². The molecule has 0 saturated heterocycles. The molecule has 2 nitrogen and oxygen atoms in total. The molecule has 22 heavy (non-hydrogen) atoms. The Labute approximate surface area is 134 Å².